The van der Waals surface area contributed by atoms with Crippen LogP contribution in [0.3, 0.4) is 0 Å². The molecule has 5 atom stereocenters. The third-order valence-corrected chi connectivity index (χ3v) is 13.7. The zero-order chi connectivity index (χ0) is 44.5. The molecule has 0 radical (unpaired) electrons. The van der Waals surface area contributed by atoms with Crippen molar-refractivity contribution < 1.29 is 28.7 Å². The van der Waals surface area contributed by atoms with Crippen molar-refractivity contribution >= 4 is 34.6 Å². The van der Waals surface area contributed by atoms with Gasteiger partial charge in [0.2, 0.25) is 5.91 Å². The second-order valence-electron chi connectivity index (χ2n) is 17.9. The number of alkyl carbamates (subject to hydrolysis) is 2. The summed E-state index contributed by atoms with van der Waals surface area (Å²) >= 11 is 0. The van der Waals surface area contributed by atoms with E-state index in [1.807, 2.05) is 43.3 Å². The van der Waals surface area contributed by atoms with E-state index >= 15 is 0 Å². The molecule has 2 fully saturated rings. The van der Waals surface area contributed by atoms with Gasteiger partial charge in [-0.1, -0.05) is 93.1 Å². The van der Waals surface area contributed by atoms with Gasteiger partial charge in [0.05, 0.1) is 50.1 Å². The van der Waals surface area contributed by atoms with E-state index in [4.69, 9.17) is 19.4 Å². The maximum Gasteiger partial charge on any atom is 0.407 e. The maximum absolute atomic E-state index is 14.3. The number of benzene rings is 4. The summed E-state index contributed by atoms with van der Waals surface area (Å²) in [6, 6.07) is 28.0. The third kappa shape index (κ3) is 8.50. The molecule has 3 heterocycles. The molecule has 1 saturated carbocycles. The first kappa shape index (κ1) is 42.5. The van der Waals surface area contributed by atoms with Gasteiger partial charge in [0.1, 0.15) is 17.7 Å². The summed E-state index contributed by atoms with van der Waals surface area (Å²) in [5.41, 5.74) is 8.42. The third-order valence-electron chi connectivity index (χ3n) is 13.7. The number of hydrogen-bond donors (Lipinski definition) is 4. The topological polar surface area (TPSA) is 171 Å². The number of nitrogens with zero attached hydrogens (tertiary/aromatic N) is 3. The van der Waals surface area contributed by atoms with Crippen molar-refractivity contribution in [1.29, 1.82) is 0 Å². The number of ether oxygens (including phenoxy) is 2. The first-order valence-electron chi connectivity index (χ1n) is 22.4. The van der Waals surface area contributed by atoms with Crippen molar-refractivity contribution in [1.82, 2.24) is 35.5 Å². The van der Waals surface area contributed by atoms with Gasteiger partial charge in [-0.05, 0) is 101 Å². The molecule has 1 saturated heterocycles. The summed E-state index contributed by atoms with van der Waals surface area (Å²) in [5, 5.41) is 7.83. The highest BCUT2D eigenvalue weighted by Crippen LogP contribution is 2.42. The Morgan fingerprint density at radius 1 is 0.688 bits per heavy atom. The van der Waals surface area contributed by atoms with Gasteiger partial charge in [0.25, 0.3) is 0 Å². The number of carbonyl (C=O) groups is 4. The van der Waals surface area contributed by atoms with E-state index in [0.29, 0.717) is 6.54 Å². The van der Waals surface area contributed by atoms with Crippen molar-refractivity contribution in [3.63, 3.8) is 0 Å². The Bertz CT molecular complexity index is 2660. The van der Waals surface area contributed by atoms with E-state index in [0.717, 1.165) is 101 Å². The molecular formula is C51H55N7O6. The Morgan fingerprint density at radius 3 is 1.97 bits per heavy atom. The molecular weight excluding hydrogens is 807 g/mol. The minimum atomic E-state index is -0.689. The molecule has 13 heteroatoms. The number of aromatic amines is 2. The van der Waals surface area contributed by atoms with Crippen LogP contribution >= 0.6 is 0 Å². The largest absolute Gasteiger partial charge is 0.453 e. The molecule has 1 aliphatic heterocycles. The molecule has 6 aromatic rings. The number of aromatic nitrogens is 4. The SMILES string of the molecule is COC(=O)N[C@H](C(=O)N1CCC[C@H]1c1ncc(-c2ccc3cc(-c4ccc(-c5cnc([C@@H]6CCCC6C(=O)[C@@H](NC(=O)OC)C6Cc7ccccc7C6)[nH]5)cc4)ccc3c2)[nH]1)C(C)C. The van der Waals surface area contributed by atoms with Gasteiger partial charge in [-0.25, -0.2) is 19.6 Å². The number of imidazole rings is 2. The lowest BCUT2D eigenvalue weighted by molar-refractivity contribution is -0.135. The lowest BCUT2D eigenvalue weighted by atomic mass is 9.82. The van der Waals surface area contributed by atoms with E-state index in [-0.39, 0.29) is 41.4 Å². The van der Waals surface area contributed by atoms with Crippen LogP contribution in [0.4, 0.5) is 9.59 Å². The number of Topliss-reactive ketones (excluding diaryl/α,β-unsaturated/α-hetero) is 1. The molecule has 64 heavy (non-hydrogen) atoms. The molecule has 330 valence electrons. The van der Waals surface area contributed by atoms with Crippen LogP contribution in [0.5, 0.6) is 0 Å². The fourth-order valence-electron chi connectivity index (χ4n) is 10.2. The van der Waals surface area contributed by atoms with Gasteiger partial charge in [0.15, 0.2) is 5.78 Å². The Hall–Kier alpha value is -6.76. The number of likely N-dealkylation sites (tertiary alicyclic amines) is 1. The second kappa shape index (κ2) is 18.1. The number of rotatable bonds is 12. The molecule has 0 bridgehead atoms. The highest BCUT2D eigenvalue weighted by Gasteiger charge is 2.43. The number of ketones is 1. The Morgan fingerprint density at radius 2 is 1.28 bits per heavy atom. The summed E-state index contributed by atoms with van der Waals surface area (Å²) in [5.74, 6) is 1.02. The van der Waals surface area contributed by atoms with Crippen LogP contribution in [-0.2, 0) is 31.9 Å². The quantitative estimate of drug-likeness (QED) is 0.0945. The van der Waals surface area contributed by atoms with E-state index in [1.54, 1.807) is 0 Å². The van der Waals surface area contributed by atoms with Gasteiger partial charge >= 0.3 is 12.2 Å². The van der Waals surface area contributed by atoms with Gasteiger partial charge in [-0.3, -0.25) is 9.59 Å². The fraction of sp³-hybridized carbons (Fsp3) is 0.373. The van der Waals surface area contributed by atoms with Crippen molar-refractivity contribution in [3.8, 4) is 33.6 Å². The van der Waals surface area contributed by atoms with Crippen molar-refractivity contribution in [2.24, 2.45) is 17.8 Å². The highest BCUT2D eigenvalue weighted by molar-refractivity contribution is 5.92. The zero-order valence-corrected chi connectivity index (χ0v) is 36.7. The first-order chi connectivity index (χ1) is 31.1. The average molecular weight is 862 g/mol. The predicted octanol–water partition coefficient (Wildman–Crippen LogP) is 8.92. The average Bonchev–Trinajstić information content (AvgIpc) is 4.18. The number of amides is 3. The number of hydrogen-bond acceptors (Lipinski definition) is 8. The van der Waals surface area contributed by atoms with Gasteiger partial charge in [-0.2, -0.15) is 0 Å². The van der Waals surface area contributed by atoms with Crippen LogP contribution in [0.25, 0.3) is 44.4 Å². The Balaban J connectivity index is 0.865. The molecule has 9 rings (SSSR count). The van der Waals surface area contributed by atoms with E-state index in [2.05, 4.69) is 93.4 Å². The summed E-state index contributed by atoms with van der Waals surface area (Å²) < 4.78 is 9.75. The predicted molar refractivity (Wildman–Crippen MR) is 244 cm³/mol. The minimum Gasteiger partial charge on any atom is -0.453 e. The van der Waals surface area contributed by atoms with Crippen LogP contribution in [0, 0.1) is 17.8 Å². The van der Waals surface area contributed by atoms with Crippen LogP contribution in [-0.4, -0.2) is 81.6 Å². The molecule has 4 aromatic carbocycles. The Kier molecular flexibility index (Phi) is 12.1. The van der Waals surface area contributed by atoms with Crippen molar-refractivity contribution in [3.05, 3.63) is 120 Å². The summed E-state index contributed by atoms with van der Waals surface area (Å²) in [7, 11) is 2.63. The number of methoxy groups -OCH3 is 2. The smallest absolute Gasteiger partial charge is 0.407 e. The number of H-pyrrole nitrogens is 2. The molecule has 3 aliphatic rings. The van der Waals surface area contributed by atoms with E-state index in [1.165, 1.54) is 25.3 Å². The summed E-state index contributed by atoms with van der Waals surface area (Å²) in [4.78, 5) is 70.9. The standard InChI is InChI=1S/C51H55N7O6/c1-29(2)44(56-50(61)63-3)49(60)58-22-8-13-43(58)48-53-28-42(55-48)37-21-20-35-23-34(18-19-36(35)24-37)30-14-16-31(17-15-30)41-27-52-47(54-41)40-12-7-11-39(40)46(59)45(57-51(62)64-4)38-25-32-9-5-6-10-33(32)26-38/h5-6,9-10,14-21,23-24,27-29,38-40,43-45H,7-8,11-13,22,25-26H2,1-4H3,(H,52,54)(H,53,55)(H,56,61)(H,57,62)/t39?,40-,43+,44+,45+/m1/s1. The van der Waals surface area contributed by atoms with E-state index < -0.39 is 24.3 Å². The van der Waals surface area contributed by atoms with Crippen molar-refractivity contribution in [2.45, 2.75) is 82.8 Å². The Labute approximate surface area is 372 Å². The molecule has 13 nitrogen and oxygen atoms in total. The van der Waals surface area contributed by atoms with Crippen molar-refractivity contribution in [2.75, 3.05) is 20.8 Å². The molecule has 2 aromatic heterocycles. The fourth-order valence-corrected chi connectivity index (χ4v) is 10.2. The molecule has 3 amide bonds. The van der Waals surface area contributed by atoms with Crippen LogP contribution < -0.4 is 10.6 Å². The lowest BCUT2D eigenvalue weighted by Crippen LogP contribution is -2.51. The number of fused-ring (bicyclic) bond motifs is 2. The van der Waals surface area contributed by atoms with Crippen LogP contribution in [0.1, 0.15) is 80.7 Å². The summed E-state index contributed by atoms with van der Waals surface area (Å²) in [6.07, 6.45) is 8.12. The van der Waals surface area contributed by atoms with Gasteiger partial charge in [0, 0.05) is 23.9 Å². The van der Waals surface area contributed by atoms with Gasteiger partial charge in [-0.15, -0.1) is 0 Å². The zero-order valence-electron chi connectivity index (χ0n) is 36.7. The first-order valence-corrected chi connectivity index (χ1v) is 22.4. The normalized spacial score (nSPS) is 19.4. The summed E-state index contributed by atoms with van der Waals surface area (Å²) in [6.45, 7) is 4.41. The molecule has 2 aliphatic carbocycles. The number of nitrogens with one attached hydrogen (secondary N) is 4. The second-order valence-corrected chi connectivity index (χ2v) is 17.9. The molecule has 0 spiro atoms. The number of carbonyl (C=O) groups excluding carboxylic acids is 4. The molecule has 1 unspecified atom stereocenters. The van der Waals surface area contributed by atoms with Gasteiger partial charge < -0.3 is 35.0 Å². The highest BCUT2D eigenvalue weighted by atomic mass is 16.5. The monoisotopic (exact) mass is 861 g/mol. The van der Waals surface area contributed by atoms with Crippen LogP contribution in [0.2, 0.25) is 0 Å². The maximum atomic E-state index is 14.3. The lowest BCUT2D eigenvalue weighted by Gasteiger charge is -2.30. The van der Waals surface area contributed by atoms with E-state index in [9.17, 15) is 19.2 Å². The van der Waals surface area contributed by atoms with Crippen LogP contribution in [0.15, 0.2) is 97.3 Å². The minimum absolute atomic E-state index is 0.0231. The molecule has 4 N–H and O–H groups in total.